The number of carbonyl (C=O) groups excluding carboxylic acids is 1. The van der Waals surface area contributed by atoms with Crippen LogP contribution in [0, 0.1) is 12.3 Å². The molecule has 0 heterocycles. The van der Waals surface area contributed by atoms with Gasteiger partial charge in [0.05, 0.1) is 0 Å². The highest BCUT2D eigenvalue weighted by Gasteiger charge is 1.96. The van der Waals surface area contributed by atoms with Crippen LogP contribution in [0.1, 0.15) is 21.5 Å². The highest BCUT2D eigenvalue weighted by Crippen LogP contribution is 2.06. The molecule has 11 heavy (non-hydrogen) atoms. The van der Waals surface area contributed by atoms with Crippen LogP contribution in [0.25, 0.3) is 0 Å². The summed E-state index contributed by atoms with van der Waals surface area (Å²) in [6.45, 7) is 1.93. The monoisotopic (exact) mass is 147 g/mol. The van der Waals surface area contributed by atoms with Crippen molar-refractivity contribution in [1.29, 1.82) is 5.41 Å². The van der Waals surface area contributed by atoms with Gasteiger partial charge in [-0.3, -0.25) is 4.79 Å². The van der Waals surface area contributed by atoms with Gasteiger partial charge in [0.25, 0.3) is 0 Å². The molecule has 0 aromatic heterocycles. The molecule has 0 amide bonds. The molecule has 2 heteroatoms. The molecule has 0 atom stereocenters. The summed E-state index contributed by atoms with van der Waals surface area (Å²) < 4.78 is 0. The molecular formula is C9H9NO. The van der Waals surface area contributed by atoms with E-state index in [1.54, 1.807) is 6.07 Å². The fourth-order valence-corrected chi connectivity index (χ4v) is 0.927. The van der Waals surface area contributed by atoms with Crippen LogP contribution in [0.5, 0.6) is 0 Å². The van der Waals surface area contributed by atoms with Crippen LogP contribution in [0.15, 0.2) is 18.2 Å². The number of hydrogen-bond donors (Lipinski definition) is 1. The van der Waals surface area contributed by atoms with Crippen molar-refractivity contribution in [1.82, 2.24) is 0 Å². The Kier molecular flexibility index (Phi) is 2.16. The van der Waals surface area contributed by atoms with Gasteiger partial charge in [-0.05, 0) is 13.0 Å². The fraction of sp³-hybridized carbons (Fsp3) is 0.111. The van der Waals surface area contributed by atoms with Gasteiger partial charge in [0.1, 0.15) is 0 Å². The summed E-state index contributed by atoms with van der Waals surface area (Å²) in [4.78, 5) is 10.4. The third-order valence-corrected chi connectivity index (χ3v) is 1.52. The van der Waals surface area contributed by atoms with E-state index in [0.717, 1.165) is 11.8 Å². The molecule has 56 valence electrons. The van der Waals surface area contributed by atoms with Crippen LogP contribution in [-0.4, -0.2) is 12.5 Å². The molecular weight excluding hydrogens is 138 g/mol. The van der Waals surface area contributed by atoms with Crippen molar-refractivity contribution in [3.63, 3.8) is 0 Å². The van der Waals surface area contributed by atoms with Gasteiger partial charge in [0, 0.05) is 17.3 Å². The summed E-state index contributed by atoms with van der Waals surface area (Å²) in [7, 11) is 0. The Balaban J connectivity index is 3.26. The Morgan fingerprint density at radius 2 is 2.09 bits per heavy atom. The van der Waals surface area contributed by atoms with Crippen molar-refractivity contribution in [3.05, 3.63) is 34.9 Å². The van der Waals surface area contributed by atoms with E-state index in [0.29, 0.717) is 11.1 Å². The van der Waals surface area contributed by atoms with Gasteiger partial charge in [0.2, 0.25) is 0 Å². The van der Waals surface area contributed by atoms with Gasteiger partial charge in [-0.1, -0.05) is 17.7 Å². The average Bonchev–Trinajstić information content (AvgIpc) is 2.04. The van der Waals surface area contributed by atoms with Crippen molar-refractivity contribution < 1.29 is 4.79 Å². The Bertz CT molecular complexity index is 292. The van der Waals surface area contributed by atoms with Gasteiger partial charge in [-0.2, -0.15) is 0 Å². The van der Waals surface area contributed by atoms with E-state index in [1.807, 2.05) is 19.1 Å². The van der Waals surface area contributed by atoms with Gasteiger partial charge in [-0.25, -0.2) is 0 Å². The molecule has 1 rings (SSSR count). The first-order valence-electron chi connectivity index (χ1n) is 3.34. The summed E-state index contributed by atoms with van der Waals surface area (Å²) in [6.07, 6.45) is 1.95. The number of aryl methyl sites for hydroxylation is 1. The molecule has 0 fully saturated rings. The van der Waals surface area contributed by atoms with Crippen molar-refractivity contribution >= 4 is 12.5 Å². The molecule has 0 saturated heterocycles. The molecule has 0 bridgehead atoms. The second kappa shape index (κ2) is 3.10. The van der Waals surface area contributed by atoms with E-state index < -0.39 is 0 Å². The highest BCUT2D eigenvalue weighted by atomic mass is 16.1. The van der Waals surface area contributed by atoms with E-state index >= 15 is 0 Å². The highest BCUT2D eigenvalue weighted by molar-refractivity contribution is 5.91. The molecule has 0 aliphatic heterocycles. The number of nitrogens with one attached hydrogen (secondary N) is 1. The summed E-state index contributed by atoms with van der Waals surface area (Å²) in [5, 5.41) is 7.00. The number of benzene rings is 1. The molecule has 0 spiro atoms. The molecule has 0 aliphatic carbocycles. The lowest BCUT2D eigenvalue weighted by molar-refractivity contribution is 0.112. The third kappa shape index (κ3) is 1.52. The van der Waals surface area contributed by atoms with Crippen molar-refractivity contribution in [3.8, 4) is 0 Å². The van der Waals surface area contributed by atoms with Gasteiger partial charge in [-0.15, -0.1) is 0 Å². The SMILES string of the molecule is Cc1ccc(C=O)c(C=N)c1. The molecule has 0 saturated carbocycles. The van der Waals surface area contributed by atoms with E-state index in [4.69, 9.17) is 5.41 Å². The maximum atomic E-state index is 10.4. The van der Waals surface area contributed by atoms with Crippen molar-refractivity contribution in [2.24, 2.45) is 0 Å². The maximum absolute atomic E-state index is 10.4. The van der Waals surface area contributed by atoms with Gasteiger partial charge < -0.3 is 5.41 Å². The Hall–Kier alpha value is -1.44. The van der Waals surface area contributed by atoms with Crippen molar-refractivity contribution in [2.75, 3.05) is 0 Å². The normalized spacial score (nSPS) is 9.18. The quantitative estimate of drug-likeness (QED) is 0.503. The molecule has 1 N–H and O–H groups in total. The second-order valence-corrected chi connectivity index (χ2v) is 2.39. The summed E-state index contributed by atoms with van der Waals surface area (Å²) in [5.41, 5.74) is 2.32. The number of aldehydes is 1. The maximum Gasteiger partial charge on any atom is 0.150 e. The predicted octanol–water partition coefficient (Wildman–Crippen LogP) is 1.81. The molecule has 0 radical (unpaired) electrons. The molecule has 1 aromatic carbocycles. The van der Waals surface area contributed by atoms with Crippen LogP contribution in [0.2, 0.25) is 0 Å². The Morgan fingerprint density at radius 3 is 2.64 bits per heavy atom. The van der Waals surface area contributed by atoms with Crippen LogP contribution in [-0.2, 0) is 0 Å². The first-order valence-corrected chi connectivity index (χ1v) is 3.34. The minimum atomic E-state index is 0.575. The third-order valence-electron chi connectivity index (χ3n) is 1.52. The van der Waals surface area contributed by atoms with Crippen LogP contribution >= 0.6 is 0 Å². The van der Waals surface area contributed by atoms with Gasteiger partial charge >= 0.3 is 0 Å². The van der Waals surface area contributed by atoms with Crippen LogP contribution < -0.4 is 0 Å². The molecule has 1 aromatic rings. The lowest BCUT2D eigenvalue weighted by atomic mass is 10.1. The topological polar surface area (TPSA) is 40.9 Å². The minimum absolute atomic E-state index is 0.575. The Labute approximate surface area is 65.4 Å². The first-order chi connectivity index (χ1) is 5.27. The zero-order valence-electron chi connectivity index (χ0n) is 6.29. The lowest BCUT2D eigenvalue weighted by Crippen LogP contribution is -1.90. The average molecular weight is 147 g/mol. The summed E-state index contributed by atoms with van der Waals surface area (Å²) in [6, 6.07) is 5.40. The number of carbonyl (C=O) groups is 1. The van der Waals surface area contributed by atoms with E-state index in [1.165, 1.54) is 6.21 Å². The number of rotatable bonds is 2. The van der Waals surface area contributed by atoms with Crippen LogP contribution in [0.3, 0.4) is 0 Å². The van der Waals surface area contributed by atoms with Crippen LogP contribution in [0.4, 0.5) is 0 Å². The zero-order valence-corrected chi connectivity index (χ0v) is 6.29. The largest absolute Gasteiger partial charge is 0.308 e. The molecule has 0 unspecified atom stereocenters. The molecule has 0 aliphatic rings. The zero-order chi connectivity index (χ0) is 8.27. The van der Waals surface area contributed by atoms with E-state index in [9.17, 15) is 4.79 Å². The fourth-order valence-electron chi connectivity index (χ4n) is 0.927. The van der Waals surface area contributed by atoms with Gasteiger partial charge in [0.15, 0.2) is 6.29 Å². The lowest BCUT2D eigenvalue weighted by Gasteiger charge is -1.97. The Morgan fingerprint density at radius 1 is 1.36 bits per heavy atom. The second-order valence-electron chi connectivity index (χ2n) is 2.39. The predicted molar refractivity (Wildman–Crippen MR) is 44.5 cm³/mol. The minimum Gasteiger partial charge on any atom is -0.308 e. The first kappa shape index (κ1) is 7.66. The smallest absolute Gasteiger partial charge is 0.150 e. The van der Waals surface area contributed by atoms with E-state index in [-0.39, 0.29) is 0 Å². The van der Waals surface area contributed by atoms with E-state index in [2.05, 4.69) is 0 Å². The summed E-state index contributed by atoms with van der Waals surface area (Å²) in [5.74, 6) is 0. The standard InChI is InChI=1S/C9H9NO/c1-7-2-3-8(6-11)9(4-7)5-10/h2-6,10H,1H3. The number of hydrogen-bond acceptors (Lipinski definition) is 2. The van der Waals surface area contributed by atoms with Crippen molar-refractivity contribution in [2.45, 2.75) is 6.92 Å². The molecule has 2 nitrogen and oxygen atoms in total. The summed E-state index contributed by atoms with van der Waals surface area (Å²) >= 11 is 0.